The standard InChI is InChI=1S/C15H13BrN2O/c1-19-12-5-3-11(4-6-12)18-15-9-17-14-7-2-10(16)8-13(14)15/h2-9,17-18H,1H3. The Morgan fingerprint density at radius 2 is 1.89 bits per heavy atom. The summed E-state index contributed by atoms with van der Waals surface area (Å²) in [4.78, 5) is 3.25. The number of hydrogen-bond acceptors (Lipinski definition) is 2. The molecule has 3 nitrogen and oxygen atoms in total. The molecule has 0 bridgehead atoms. The number of rotatable bonds is 3. The summed E-state index contributed by atoms with van der Waals surface area (Å²) in [6.07, 6.45) is 1.97. The summed E-state index contributed by atoms with van der Waals surface area (Å²) < 4.78 is 6.22. The molecule has 0 fully saturated rings. The van der Waals surface area contributed by atoms with E-state index in [2.05, 4.69) is 38.4 Å². The van der Waals surface area contributed by atoms with Crippen LogP contribution in [-0.2, 0) is 0 Å². The van der Waals surface area contributed by atoms with Crippen molar-refractivity contribution in [3.05, 3.63) is 53.1 Å². The van der Waals surface area contributed by atoms with Crippen molar-refractivity contribution in [3.63, 3.8) is 0 Å². The molecule has 3 rings (SSSR count). The largest absolute Gasteiger partial charge is 0.497 e. The topological polar surface area (TPSA) is 37.0 Å². The van der Waals surface area contributed by atoms with Crippen LogP contribution in [0.2, 0.25) is 0 Å². The van der Waals surface area contributed by atoms with Crippen molar-refractivity contribution in [1.29, 1.82) is 0 Å². The minimum absolute atomic E-state index is 0.854. The molecule has 4 heteroatoms. The first-order valence-corrected chi connectivity index (χ1v) is 6.73. The van der Waals surface area contributed by atoms with E-state index in [9.17, 15) is 0 Å². The van der Waals surface area contributed by atoms with Gasteiger partial charge in [-0.1, -0.05) is 15.9 Å². The van der Waals surface area contributed by atoms with Crippen LogP contribution >= 0.6 is 15.9 Å². The minimum Gasteiger partial charge on any atom is -0.497 e. The lowest BCUT2D eigenvalue weighted by Crippen LogP contribution is -1.89. The van der Waals surface area contributed by atoms with Gasteiger partial charge in [0.2, 0.25) is 0 Å². The molecular formula is C15H13BrN2O. The Kier molecular flexibility index (Phi) is 3.17. The second kappa shape index (κ2) is 4.97. The molecule has 0 aliphatic heterocycles. The average molecular weight is 317 g/mol. The number of fused-ring (bicyclic) bond motifs is 1. The third-order valence-corrected chi connectivity index (χ3v) is 3.51. The molecule has 0 unspecified atom stereocenters. The van der Waals surface area contributed by atoms with E-state index < -0.39 is 0 Å². The van der Waals surface area contributed by atoms with E-state index >= 15 is 0 Å². The monoisotopic (exact) mass is 316 g/mol. The number of anilines is 2. The molecule has 0 saturated carbocycles. The Hall–Kier alpha value is -1.94. The van der Waals surface area contributed by atoms with Gasteiger partial charge in [-0.05, 0) is 42.5 Å². The van der Waals surface area contributed by atoms with Gasteiger partial charge in [-0.3, -0.25) is 0 Å². The van der Waals surface area contributed by atoms with Crippen LogP contribution < -0.4 is 10.1 Å². The molecule has 19 heavy (non-hydrogen) atoms. The van der Waals surface area contributed by atoms with Gasteiger partial charge >= 0.3 is 0 Å². The second-order valence-electron chi connectivity index (χ2n) is 4.25. The maximum absolute atomic E-state index is 5.15. The fourth-order valence-corrected chi connectivity index (χ4v) is 2.39. The highest BCUT2D eigenvalue weighted by molar-refractivity contribution is 9.10. The molecule has 1 aromatic heterocycles. The zero-order chi connectivity index (χ0) is 13.2. The van der Waals surface area contributed by atoms with Crippen LogP contribution in [0.1, 0.15) is 0 Å². The van der Waals surface area contributed by atoms with Crippen LogP contribution in [0.3, 0.4) is 0 Å². The molecule has 0 aliphatic carbocycles. The molecular weight excluding hydrogens is 304 g/mol. The predicted molar refractivity (Wildman–Crippen MR) is 82.3 cm³/mol. The van der Waals surface area contributed by atoms with Gasteiger partial charge in [0.25, 0.3) is 0 Å². The van der Waals surface area contributed by atoms with Crippen molar-refractivity contribution < 1.29 is 4.74 Å². The van der Waals surface area contributed by atoms with Gasteiger partial charge in [-0.25, -0.2) is 0 Å². The Bertz CT molecular complexity index is 704. The zero-order valence-corrected chi connectivity index (χ0v) is 12.0. The highest BCUT2D eigenvalue weighted by Gasteiger charge is 2.04. The van der Waals surface area contributed by atoms with Crippen LogP contribution in [0.5, 0.6) is 5.75 Å². The van der Waals surface area contributed by atoms with Gasteiger partial charge < -0.3 is 15.0 Å². The van der Waals surface area contributed by atoms with E-state index in [1.165, 1.54) is 0 Å². The van der Waals surface area contributed by atoms with Crippen LogP contribution in [0, 0.1) is 0 Å². The van der Waals surface area contributed by atoms with Gasteiger partial charge in [0.1, 0.15) is 5.75 Å². The van der Waals surface area contributed by atoms with Gasteiger partial charge in [0, 0.05) is 27.3 Å². The van der Waals surface area contributed by atoms with Crippen LogP contribution in [0.15, 0.2) is 53.1 Å². The van der Waals surface area contributed by atoms with Crippen molar-refractivity contribution in [3.8, 4) is 5.75 Å². The third kappa shape index (κ3) is 2.44. The summed E-state index contributed by atoms with van der Waals surface area (Å²) in [7, 11) is 1.67. The van der Waals surface area contributed by atoms with E-state index in [1.807, 2.05) is 36.5 Å². The maximum Gasteiger partial charge on any atom is 0.119 e. The molecule has 96 valence electrons. The summed E-state index contributed by atoms with van der Waals surface area (Å²) in [5, 5.41) is 4.56. The molecule has 2 aromatic carbocycles. The fourth-order valence-electron chi connectivity index (χ4n) is 2.03. The first kappa shape index (κ1) is 12.1. The number of ether oxygens (including phenoxy) is 1. The van der Waals surface area contributed by atoms with E-state index in [0.717, 1.165) is 32.5 Å². The SMILES string of the molecule is COc1ccc(Nc2c[nH]c3ccc(Br)cc23)cc1. The molecule has 0 spiro atoms. The van der Waals surface area contributed by atoms with Crippen LogP contribution in [0.4, 0.5) is 11.4 Å². The highest BCUT2D eigenvalue weighted by Crippen LogP contribution is 2.29. The number of methoxy groups -OCH3 is 1. The number of nitrogens with one attached hydrogen (secondary N) is 2. The van der Waals surface area contributed by atoms with E-state index in [1.54, 1.807) is 7.11 Å². The Balaban J connectivity index is 1.93. The lowest BCUT2D eigenvalue weighted by Gasteiger charge is -2.06. The average Bonchev–Trinajstić information content (AvgIpc) is 2.82. The molecule has 0 aliphatic rings. The Morgan fingerprint density at radius 3 is 2.63 bits per heavy atom. The first-order valence-electron chi connectivity index (χ1n) is 5.94. The van der Waals surface area contributed by atoms with Crippen molar-refractivity contribution in [2.75, 3.05) is 12.4 Å². The van der Waals surface area contributed by atoms with Gasteiger partial charge in [-0.2, -0.15) is 0 Å². The highest BCUT2D eigenvalue weighted by atomic mass is 79.9. The summed E-state index contributed by atoms with van der Waals surface area (Å²) >= 11 is 3.50. The third-order valence-electron chi connectivity index (χ3n) is 3.01. The molecule has 0 atom stereocenters. The predicted octanol–water partition coefficient (Wildman–Crippen LogP) is 4.68. The minimum atomic E-state index is 0.854. The molecule has 2 N–H and O–H groups in total. The Labute approximate surface area is 119 Å². The van der Waals surface area contributed by atoms with Gasteiger partial charge in [0.15, 0.2) is 0 Å². The second-order valence-corrected chi connectivity index (χ2v) is 5.16. The van der Waals surface area contributed by atoms with Gasteiger partial charge in [-0.15, -0.1) is 0 Å². The molecule has 0 radical (unpaired) electrons. The zero-order valence-electron chi connectivity index (χ0n) is 10.4. The lowest BCUT2D eigenvalue weighted by molar-refractivity contribution is 0.415. The summed E-state index contributed by atoms with van der Waals surface area (Å²) in [5.41, 5.74) is 3.20. The number of halogens is 1. The maximum atomic E-state index is 5.15. The van der Waals surface area contributed by atoms with E-state index in [-0.39, 0.29) is 0 Å². The van der Waals surface area contributed by atoms with Crippen molar-refractivity contribution in [2.45, 2.75) is 0 Å². The smallest absolute Gasteiger partial charge is 0.119 e. The molecule has 3 aromatic rings. The van der Waals surface area contributed by atoms with E-state index in [0.29, 0.717) is 0 Å². The number of hydrogen-bond donors (Lipinski definition) is 2. The van der Waals surface area contributed by atoms with E-state index in [4.69, 9.17) is 4.74 Å². The van der Waals surface area contributed by atoms with Gasteiger partial charge in [0.05, 0.1) is 12.8 Å². The lowest BCUT2D eigenvalue weighted by atomic mass is 10.2. The fraction of sp³-hybridized carbons (Fsp3) is 0.0667. The number of aromatic amines is 1. The van der Waals surface area contributed by atoms with Crippen molar-refractivity contribution >= 4 is 38.2 Å². The normalized spacial score (nSPS) is 10.6. The summed E-state index contributed by atoms with van der Waals surface area (Å²) in [6, 6.07) is 14.0. The Morgan fingerprint density at radius 1 is 1.11 bits per heavy atom. The van der Waals surface area contributed by atoms with Crippen LogP contribution in [-0.4, -0.2) is 12.1 Å². The van der Waals surface area contributed by atoms with Crippen LogP contribution in [0.25, 0.3) is 10.9 Å². The quantitative estimate of drug-likeness (QED) is 0.736. The summed E-state index contributed by atoms with van der Waals surface area (Å²) in [6.45, 7) is 0. The van der Waals surface area contributed by atoms with Crippen molar-refractivity contribution in [1.82, 2.24) is 4.98 Å². The molecule has 1 heterocycles. The molecule has 0 amide bonds. The number of aromatic nitrogens is 1. The first-order chi connectivity index (χ1) is 9.26. The number of H-pyrrole nitrogens is 1. The molecule has 0 saturated heterocycles. The summed E-state index contributed by atoms with van der Waals surface area (Å²) in [5.74, 6) is 0.854. The number of benzene rings is 2. The van der Waals surface area contributed by atoms with Crippen molar-refractivity contribution in [2.24, 2.45) is 0 Å².